The number of thiophene rings is 2. The molecule has 1 aromatic carbocycles. The molecule has 5 rings (SSSR count). The standard InChI is InChI=1S/C24H23N3O2S3/c1-26(14-17-10-7-13-30-17)20(28)15-31-24-25-22-21(18-11-5-6-12-19(18)32-22)23(29)27(24)16-8-3-2-4-9-16/h2-4,7-10,13H,5-6,11-12,14-15H2,1H3. The van der Waals surface area contributed by atoms with E-state index in [2.05, 4.69) is 0 Å². The van der Waals surface area contributed by atoms with Crippen molar-refractivity contribution in [2.75, 3.05) is 12.8 Å². The molecule has 3 heterocycles. The molecule has 5 nitrogen and oxygen atoms in total. The van der Waals surface area contributed by atoms with Gasteiger partial charge >= 0.3 is 0 Å². The topological polar surface area (TPSA) is 55.2 Å². The fourth-order valence-electron chi connectivity index (χ4n) is 4.05. The SMILES string of the molecule is CN(Cc1cccs1)C(=O)CSc1nc2sc3c(c2c(=O)n1-c1ccccc1)CCCC3. The Hall–Kier alpha value is -2.42. The Kier molecular flexibility index (Phi) is 6.17. The van der Waals surface area contributed by atoms with Crippen LogP contribution >= 0.6 is 34.4 Å². The van der Waals surface area contributed by atoms with Crippen molar-refractivity contribution in [2.24, 2.45) is 0 Å². The zero-order chi connectivity index (χ0) is 22.1. The van der Waals surface area contributed by atoms with E-state index < -0.39 is 0 Å². The van der Waals surface area contributed by atoms with E-state index >= 15 is 0 Å². The molecule has 0 bridgehead atoms. The molecule has 0 N–H and O–H groups in total. The highest BCUT2D eigenvalue weighted by molar-refractivity contribution is 7.99. The number of amides is 1. The van der Waals surface area contributed by atoms with Crippen LogP contribution in [0.15, 0.2) is 57.8 Å². The minimum Gasteiger partial charge on any atom is -0.340 e. The third kappa shape index (κ3) is 4.14. The first-order valence-electron chi connectivity index (χ1n) is 10.6. The number of carbonyl (C=O) groups excluding carboxylic acids is 1. The van der Waals surface area contributed by atoms with E-state index in [9.17, 15) is 9.59 Å². The van der Waals surface area contributed by atoms with Gasteiger partial charge in [-0.2, -0.15) is 0 Å². The Balaban J connectivity index is 1.50. The number of nitrogens with zero attached hydrogens (tertiary/aromatic N) is 3. The molecule has 0 fully saturated rings. The van der Waals surface area contributed by atoms with Crippen molar-refractivity contribution in [2.45, 2.75) is 37.4 Å². The molecule has 0 radical (unpaired) electrons. The van der Waals surface area contributed by atoms with Gasteiger partial charge in [0.25, 0.3) is 5.56 Å². The highest BCUT2D eigenvalue weighted by Gasteiger charge is 2.23. The van der Waals surface area contributed by atoms with Crippen LogP contribution in [-0.4, -0.2) is 33.2 Å². The number of fused-ring (bicyclic) bond motifs is 3. The van der Waals surface area contributed by atoms with Crippen molar-refractivity contribution in [1.29, 1.82) is 0 Å². The molecule has 1 amide bonds. The van der Waals surface area contributed by atoms with Crippen molar-refractivity contribution in [3.05, 3.63) is 73.5 Å². The van der Waals surface area contributed by atoms with Gasteiger partial charge in [-0.1, -0.05) is 36.0 Å². The number of hydrogen-bond donors (Lipinski definition) is 0. The molecule has 0 unspecified atom stereocenters. The van der Waals surface area contributed by atoms with E-state index in [-0.39, 0.29) is 17.2 Å². The minimum atomic E-state index is -0.0255. The van der Waals surface area contributed by atoms with E-state index in [4.69, 9.17) is 4.98 Å². The predicted molar refractivity (Wildman–Crippen MR) is 133 cm³/mol. The average molecular weight is 482 g/mol. The lowest BCUT2D eigenvalue weighted by molar-refractivity contribution is -0.127. The van der Waals surface area contributed by atoms with Crippen LogP contribution < -0.4 is 5.56 Å². The zero-order valence-corrected chi connectivity index (χ0v) is 20.2. The Bertz CT molecular complexity index is 1310. The summed E-state index contributed by atoms with van der Waals surface area (Å²) in [5.74, 6) is 0.250. The van der Waals surface area contributed by atoms with E-state index in [0.717, 1.165) is 40.0 Å². The van der Waals surface area contributed by atoms with E-state index in [0.29, 0.717) is 11.7 Å². The van der Waals surface area contributed by atoms with Gasteiger partial charge in [0.1, 0.15) is 4.83 Å². The van der Waals surface area contributed by atoms with E-state index in [1.807, 2.05) is 54.9 Å². The summed E-state index contributed by atoms with van der Waals surface area (Å²) in [6, 6.07) is 13.6. The monoisotopic (exact) mass is 481 g/mol. The second-order valence-corrected chi connectivity index (χ2v) is 10.9. The first-order chi connectivity index (χ1) is 15.6. The molecule has 1 aliphatic carbocycles. The van der Waals surface area contributed by atoms with Gasteiger partial charge in [-0.05, 0) is 54.8 Å². The van der Waals surface area contributed by atoms with Gasteiger partial charge in [0.2, 0.25) is 5.91 Å². The molecule has 32 heavy (non-hydrogen) atoms. The van der Waals surface area contributed by atoms with Crippen LogP contribution in [0.1, 0.15) is 28.2 Å². The number of para-hydroxylation sites is 1. The summed E-state index contributed by atoms with van der Waals surface area (Å²) >= 11 is 4.62. The minimum absolute atomic E-state index is 0.0165. The van der Waals surface area contributed by atoms with Crippen LogP contribution in [-0.2, 0) is 24.2 Å². The van der Waals surface area contributed by atoms with Crippen LogP contribution in [0.3, 0.4) is 0 Å². The summed E-state index contributed by atoms with van der Waals surface area (Å²) in [7, 11) is 1.82. The Labute approximate surface area is 198 Å². The molecule has 164 valence electrons. The quantitative estimate of drug-likeness (QED) is 0.283. The van der Waals surface area contributed by atoms with Gasteiger partial charge in [0.15, 0.2) is 5.16 Å². The second-order valence-electron chi connectivity index (χ2n) is 7.88. The lowest BCUT2D eigenvalue weighted by atomic mass is 9.97. The Morgan fingerprint density at radius 2 is 1.97 bits per heavy atom. The van der Waals surface area contributed by atoms with Crippen LogP contribution in [0.4, 0.5) is 0 Å². The molecule has 4 aromatic rings. The smallest absolute Gasteiger partial charge is 0.267 e. The van der Waals surface area contributed by atoms with Crippen molar-refractivity contribution < 1.29 is 4.79 Å². The number of carbonyl (C=O) groups is 1. The third-order valence-corrected chi connectivity index (χ3v) is 8.67. The third-order valence-electron chi connectivity index (χ3n) is 5.70. The van der Waals surface area contributed by atoms with Crippen molar-refractivity contribution in [3.63, 3.8) is 0 Å². The highest BCUT2D eigenvalue weighted by Crippen LogP contribution is 2.35. The van der Waals surface area contributed by atoms with Gasteiger partial charge in [0.05, 0.1) is 23.4 Å². The van der Waals surface area contributed by atoms with Crippen LogP contribution in [0, 0.1) is 0 Å². The molecular formula is C24H23N3O2S3. The van der Waals surface area contributed by atoms with Crippen molar-refractivity contribution in [1.82, 2.24) is 14.5 Å². The van der Waals surface area contributed by atoms with Crippen molar-refractivity contribution in [3.8, 4) is 5.69 Å². The highest BCUT2D eigenvalue weighted by atomic mass is 32.2. The number of hydrogen-bond acceptors (Lipinski definition) is 6. The normalized spacial score (nSPS) is 13.3. The summed E-state index contributed by atoms with van der Waals surface area (Å²) in [6.45, 7) is 0.590. The molecule has 0 atom stereocenters. The number of thioether (sulfide) groups is 1. The maximum atomic E-state index is 13.7. The van der Waals surface area contributed by atoms with Crippen molar-refractivity contribution >= 4 is 50.6 Å². The fraction of sp³-hybridized carbons (Fsp3) is 0.292. The molecule has 0 saturated heterocycles. The summed E-state index contributed by atoms with van der Waals surface area (Å²) in [5, 5.41) is 3.35. The number of rotatable bonds is 6. The maximum absolute atomic E-state index is 13.7. The molecule has 8 heteroatoms. The number of aryl methyl sites for hydroxylation is 2. The first kappa shape index (κ1) is 21.4. The number of benzene rings is 1. The molecule has 0 saturated carbocycles. The lowest BCUT2D eigenvalue weighted by Crippen LogP contribution is -2.28. The number of aromatic nitrogens is 2. The van der Waals surface area contributed by atoms with Crippen LogP contribution in [0.2, 0.25) is 0 Å². The van der Waals surface area contributed by atoms with Gasteiger partial charge in [-0.3, -0.25) is 14.2 Å². The molecule has 3 aromatic heterocycles. The molecule has 0 aliphatic heterocycles. The van der Waals surface area contributed by atoms with E-state index in [1.165, 1.54) is 28.6 Å². The molecular weight excluding hydrogens is 458 g/mol. The molecule has 0 spiro atoms. The van der Waals surface area contributed by atoms with Gasteiger partial charge < -0.3 is 4.90 Å². The lowest BCUT2D eigenvalue weighted by Gasteiger charge is -2.17. The van der Waals surface area contributed by atoms with Gasteiger partial charge in [-0.15, -0.1) is 22.7 Å². The largest absolute Gasteiger partial charge is 0.340 e. The van der Waals surface area contributed by atoms with Gasteiger partial charge in [-0.25, -0.2) is 4.98 Å². The van der Waals surface area contributed by atoms with Crippen LogP contribution in [0.5, 0.6) is 0 Å². The first-order valence-corrected chi connectivity index (χ1v) is 13.3. The Morgan fingerprint density at radius 3 is 2.75 bits per heavy atom. The zero-order valence-electron chi connectivity index (χ0n) is 17.7. The summed E-state index contributed by atoms with van der Waals surface area (Å²) in [6.07, 6.45) is 4.25. The fourth-order valence-corrected chi connectivity index (χ4v) is 7.06. The second kappa shape index (κ2) is 9.21. The predicted octanol–water partition coefficient (Wildman–Crippen LogP) is 5.14. The summed E-state index contributed by atoms with van der Waals surface area (Å²) in [4.78, 5) is 36.4. The molecule has 1 aliphatic rings. The summed E-state index contributed by atoms with van der Waals surface area (Å²) < 4.78 is 1.68. The maximum Gasteiger partial charge on any atom is 0.267 e. The van der Waals surface area contributed by atoms with E-state index in [1.54, 1.807) is 32.1 Å². The Morgan fingerprint density at radius 1 is 1.16 bits per heavy atom. The van der Waals surface area contributed by atoms with Gasteiger partial charge in [0, 0.05) is 16.8 Å². The van der Waals surface area contributed by atoms with Crippen LogP contribution in [0.25, 0.3) is 15.9 Å². The summed E-state index contributed by atoms with van der Waals surface area (Å²) in [5.41, 5.74) is 1.94. The average Bonchev–Trinajstić information content (AvgIpc) is 3.45.